The van der Waals surface area contributed by atoms with Crippen molar-refractivity contribution in [2.24, 2.45) is 0 Å². The molecule has 0 unspecified atom stereocenters. The molecule has 1 aromatic carbocycles. The fourth-order valence-electron chi connectivity index (χ4n) is 3.18. The van der Waals surface area contributed by atoms with Gasteiger partial charge in [-0.2, -0.15) is 0 Å². The minimum absolute atomic E-state index is 0.172. The maximum Gasteiger partial charge on any atom is 0.292 e. The van der Waals surface area contributed by atoms with E-state index >= 15 is 0 Å². The van der Waals surface area contributed by atoms with Gasteiger partial charge in [-0.3, -0.25) is 4.79 Å². The van der Waals surface area contributed by atoms with Gasteiger partial charge in [-0.1, -0.05) is 17.3 Å². The fraction of sp³-hybridized carbons (Fsp3) is 0.278. The summed E-state index contributed by atoms with van der Waals surface area (Å²) in [6, 6.07) is 7.83. The predicted octanol–water partition coefficient (Wildman–Crippen LogP) is 3.15. The minimum atomic E-state index is -0.354. The second kappa shape index (κ2) is 6.51. The lowest BCUT2D eigenvalue weighted by Crippen LogP contribution is -2.40. The van der Waals surface area contributed by atoms with E-state index in [9.17, 15) is 9.18 Å². The minimum Gasteiger partial charge on any atom is -0.350 e. The number of nitrogens with zero attached hydrogens (tertiary/aromatic N) is 4. The third-order valence-electron chi connectivity index (χ3n) is 4.47. The molecule has 1 aliphatic heterocycles. The van der Waals surface area contributed by atoms with E-state index in [1.54, 1.807) is 35.6 Å². The average molecular weight is 340 g/mol. The summed E-state index contributed by atoms with van der Waals surface area (Å²) < 4.78 is 20.6. The Morgan fingerprint density at radius 2 is 2.24 bits per heavy atom. The molecule has 0 spiro atoms. The van der Waals surface area contributed by atoms with E-state index in [0.717, 1.165) is 12.8 Å². The van der Waals surface area contributed by atoms with Crippen LogP contribution in [0.4, 0.5) is 4.39 Å². The van der Waals surface area contributed by atoms with E-state index in [0.29, 0.717) is 24.3 Å². The molecule has 25 heavy (non-hydrogen) atoms. The number of hydrogen-bond acceptors (Lipinski definition) is 4. The van der Waals surface area contributed by atoms with Crippen molar-refractivity contribution < 1.29 is 13.7 Å². The maximum absolute atomic E-state index is 13.3. The van der Waals surface area contributed by atoms with Crippen molar-refractivity contribution in [2.45, 2.75) is 18.9 Å². The summed E-state index contributed by atoms with van der Waals surface area (Å²) in [7, 11) is 0. The van der Waals surface area contributed by atoms with Crippen molar-refractivity contribution in [3.8, 4) is 11.3 Å². The number of rotatable bonds is 3. The number of amides is 1. The number of carbonyl (C=O) groups is 1. The zero-order valence-electron chi connectivity index (χ0n) is 13.5. The molecule has 4 rings (SSSR count). The van der Waals surface area contributed by atoms with Gasteiger partial charge in [0.05, 0.1) is 12.4 Å². The molecule has 0 radical (unpaired) electrons. The highest BCUT2D eigenvalue weighted by atomic mass is 19.1. The van der Waals surface area contributed by atoms with Crippen molar-refractivity contribution in [3.05, 3.63) is 60.6 Å². The lowest BCUT2D eigenvalue weighted by Gasteiger charge is -2.32. The Hall–Kier alpha value is -2.96. The molecule has 1 atom stereocenters. The summed E-state index contributed by atoms with van der Waals surface area (Å²) in [5.41, 5.74) is 1.03. The molecule has 2 aromatic heterocycles. The molecule has 0 saturated carbocycles. The highest BCUT2D eigenvalue weighted by Gasteiger charge is 2.27. The number of aromatic nitrogens is 3. The van der Waals surface area contributed by atoms with Crippen LogP contribution in [0.5, 0.6) is 0 Å². The van der Waals surface area contributed by atoms with E-state index in [1.165, 1.54) is 12.1 Å². The highest BCUT2D eigenvalue weighted by Crippen LogP contribution is 2.25. The van der Waals surface area contributed by atoms with E-state index in [4.69, 9.17) is 4.52 Å². The lowest BCUT2D eigenvalue weighted by atomic mass is 10.1. The number of carbonyl (C=O) groups excluding carboxylic acids is 1. The number of imidazole rings is 1. The van der Waals surface area contributed by atoms with Crippen LogP contribution in [-0.2, 0) is 0 Å². The zero-order valence-corrected chi connectivity index (χ0v) is 13.5. The van der Waals surface area contributed by atoms with Crippen LogP contribution in [0.2, 0.25) is 0 Å². The quantitative estimate of drug-likeness (QED) is 0.735. The van der Waals surface area contributed by atoms with Gasteiger partial charge < -0.3 is 14.0 Å². The normalized spacial score (nSPS) is 17.6. The first-order chi connectivity index (χ1) is 12.2. The summed E-state index contributed by atoms with van der Waals surface area (Å²) in [4.78, 5) is 18.6. The van der Waals surface area contributed by atoms with Crippen LogP contribution in [0.1, 0.15) is 29.4 Å². The Bertz CT molecular complexity index is 875. The molecule has 3 aromatic rings. The first-order valence-electron chi connectivity index (χ1n) is 8.20. The van der Waals surface area contributed by atoms with Gasteiger partial charge in [-0.15, -0.1) is 0 Å². The van der Waals surface area contributed by atoms with Crippen LogP contribution < -0.4 is 0 Å². The standard InChI is InChI=1S/C18H17FN4O2/c19-14-4-1-3-13(9-14)16-10-17(25-21-16)18(24)22-7-2-5-15(11-22)23-8-6-20-12-23/h1,3-4,6,8-10,12,15H,2,5,7,11H2/t15-/m0/s1. The third-order valence-corrected chi connectivity index (χ3v) is 4.47. The molecule has 0 aliphatic carbocycles. The number of piperidine rings is 1. The Morgan fingerprint density at radius 3 is 3.04 bits per heavy atom. The molecule has 1 saturated heterocycles. The van der Waals surface area contributed by atoms with Gasteiger partial charge in [0, 0.05) is 37.1 Å². The highest BCUT2D eigenvalue weighted by molar-refractivity contribution is 5.92. The monoisotopic (exact) mass is 340 g/mol. The molecule has 0 bridgehead atoms. The zero-order chi connectivity index (χ0) is 17.2. The second-order valence-corrected chi connectivity index (χ2v) is 6.14. The first kappa shape index (κ1) is 15.6. The van der Waals surface area contributed by atoms with Gasteiger partial charge in [-0.05, 0) is 25.0 Å². The first-order valence-corrected chi connectivity index (χ1v) is 8.20. The summed E-state index contributed by atoms with van der Waals surface area (Å²) >= 11 is 0. The molecule has 1 aliphatic rings. The average Bonchev–Trinajstić information content (AvgIpc) is 3.33. The summed E-state index contributed by atoms with van der Waals surface area (Å²) in [5.74, 6) is -0.377. The molecule has 128 valence electrons. The van der Waals surface area contributed by atoms with Crippen molar-refractivity contribution in [2.75, 3.05) is 13.1 Å². The molecule has 6 nitrogen and oxygen atoms in total. The molecular formula is C18H17FN4O2. The van der Waals surface area contributed by atoms with Crippen molar-refractivity contribution in [1.82, 2.24) is 19.6 Å². The maximum atomic E-state index is 13.3. The molecule has 7 heteroatoms. The predicted molar refractivity (Wildman–Crippen MR) is 88.3 cm³/mol. The molecule has 3 heterocycles. The summed E-state index contributed by atoms with van der Waals surface area (Å²) in [6.07, 6.45) is 7.34. The van der Waals surface area contributed by atoms with E-state index in [2.05, 4.69) is 10.1 Å². The van der Waals surface area contributed by atoms with Gasteiger partial charge >= 0.3 is 0 Å². The fourth-order valence-corrected chi connectivity index (χ4v) is 3.18. The molecule has 0 N–H and O–H groups in total. The van der Waals surface area contributed by atoms with Gasteiger partial charge in [0.25, 0.3) is 5.91 Å². The number of hydrogen-bond donors (Lipinski definition) is 0. The lowest BCUT2D eigenvalue weighted by molar-refractivity contribution is 0.0638. The Labute approximate surface area is 143 Å². The third kappa shape index (κ3) is 3.17. The van der Waals surface area contributed by atoms with Gasteiger partial charge in [0.1, 0.15) is 11.5 Å². The Morgan fingerprint density at radius 1 is 1.32 bits per heavy atom. The van der Waals surface area contributed by atoms with Crippen LogP contribution >= 0.6 is 0 Å². The smallest absolute Gasteiger partial charge is 0.292 e. The molecular weight excluding hydrogens is 323 g/mol. The van der Waals surface area contributed by atoms with Gasteiger partial charge in [-0.25, -0.2) is 9.37 Å². The van der Waals surface area contributed by atoms with Crippen LogP contribution in [0.25, 0.3) is 11.3 Å². The van der Waals surface area contributed by atoms with Crippen LogP contribution in [0.15, 0.2) is 53.6 Å². The number of likely N-dealkylation sites (tertiary alicyclic amines) is 1. The topological polar surface area (TPSA) is 64.2 Å². The Kier molecular flexibility index (Phi) is 4.05. The van der Waals surface area contributed by atoms with E-state index in [-0.39, 0.29) is 23.5 Å². The second-order valence-electron chi connectivity index (χ2n) is 6.14. The summed E-state index contributed by atoms with van der Waals surface area (Å²) in [6.45, 7) is 1.28. The molecule has 1 fully saturated rings. The van der Waals surface area contributed by atoms with Crippen LogP contribution in [0.3, 0.4) is 0 Å². The van der Waals surface area contributed by atoms with Crippen molar-refractivity contribution in [1.29, 1.82) is 0 Å². The Balaban J connectivity index is 1.51. The summed E-state index contributed by atoms with van der Waals surface area (Å²) in [5, 5.41) is 3.91. The number of halogens is 1. The SMILES string of the molecule is O=C(c1cc(-c2cccc(F)c2)no1)N1CCC[C@H](n2ccnc2)C1. The number of benzene rings is 1. The van der Waals surface area contributed by atoms with E-state index < -0.39 is 0 Å². The van der Waals surface area contributed by atoms with Gasteiger partial charge in [0.15, 0.2) is 0 Å². The van der Waals surface area contributed by atoms with Gasteiger partial charge in [0.2, 0.25) is 5.76 Å². The van der Waals surface area contributed by atoms with Crippen LogP contribution in [0, 0.1) is 5.82 Å². The van der Waals surface area contributed by atoms with Crippen molar-refractivity contribution >= 4 is 5.91 Å². The molecule has 1 amide bonds. The van der Waals surface area contributed by atoms with E-state index in [1.807, 2.05) is 10.8 Å². The van der Waals surface area contributed by atoms with Crippen molar-refractivity contribution in [3.63, 3.8) is 0 Å². The van der Waals surface area contributed by atoms with Crippen LogP contribution in [-0.4, -0.2) is 38.6 Å². The largest absolute Gasteiger partial charge is 0.350 e.